The van der Waals surface area contributed by atoms with Crippen molar-refractivity contribution in [2.24, 2.45) is 0 Å². The first-order chi connectivity index (χ1) is 36.0. The Morgan fingerprint density at radius 3 is 0.699 bits per heavy atom. The predicted octanol–water partition coefficient (Wildman–Crippen LogP) is 22.2. The molecule has 0 rings (SSSR count). The summed E-state index contributed by atoms with van der Waals surface area (Å²) in [4.78, 5) is 38.3. The number of hydrogen-bond donors (Lipinski definition) is 0. The van der Waals surface area contributed by atoms with Crippen molar-refractivity contribution in [3.05, 3.63) is 24.3 Å². The fraction of sp³-hybridized carbons (Fsp3) is 0.896. The molecule has 73 heavy (non-hydrogen) atoms. The highest BCUT2D eigenvalue weighted by Gasteiger charge is 2.19. The van der Waals surface area contributed by atoms with Crippen molar-refractivity contribution in [2.75, 3.05) is 13.2 Å². The summed E-state index contributed by atoms with van der Waals surface area (Å²) >= 11 is 0. The number of allylic oxidation sites excluding steroid dienone is 4. The van der Waals surface area contributed by atoms with E-state index in [0.29, 0.717) is 19.3 Å². The van der Waals surface area contributed by atoms with Gasteiger partial charge in [-0.05, 0) is 70.6 Å². The number of hydrogen-bond acceptors (Lipinski definition) is 6. The minimum absolute atomic E-state index is 0.0692. The van der Waals surface area contributed by atoms with Crippen LogP contribution in [0, 0.1) is 0 Å². The predicted molar refractivity (Wildman–Crippen MR) is 316 cm³/mol. The van der Waals surface area contributed by atoms with Crippen molar-refractivity contribution in [3.63, 3.8) is 0 Å². The summed E-state index contributed by atoms with van der Waals surface area (Å²) in [5.74, 6) is -0.852. The zero-order valence-electron chi connectivity index (χ0n) is 49.4. The van der Waals surface area contributed by atoms with E-state index in [9.17, 15) is 14.4 Å². The van der Waals surface area contributed by atoms with Gasteiger partial charge < -0.3 is 14.2 Å². The van der Waals surface area contributed by atoms with Gasteiger partial charge in [0.2, 0.25) is 0 Å². The molecule has 6 nitrogen and oxygen atoms in total. The maximum absolute atomic E-state index is 12.9. The first kappa shape index (κ1) is 70.9. The van der Waals surface area contributed by atoms with Crippen LogP contribution in [0.25, 0.3) is 0 Å². The number of carbonyl (C=O) groups is 3. The van der Waals surface area contributed by atoms with E-state index in [1.807, 2.05) is 0 Å². The average molecular weight is 1030 g/mol. The van der Waals surface area contributed by atoms with E-state index >= 15 is 0 Å². The summed E-state index contributed by atoms with van der Waals surface area (Å²) in [6.45, 7) is 6.69. The molecule has 6 heteroatoms. The summed E-state index contributed by atoms with van der Waals surface area (Å²) < 4.78 is 16.9. The van der Waals surface area contributed by atoms with E-state index in [-0.39, 0.29) is 31.1 Å². The topological polar surface area (TPSA) is 78.9 Å². The van der Waals surface area contributed by atoms with E-state index in [4.69, 9.17) is 14.2 Å². The Morgan fingerprint density at radius 2 is 0.452 bits per heavy atom. The minimum Gasteiger partial charge on any atom is -0.462 e. The molecule has 0 aromatic heterocycles. The SMILES string of the molecule is CCCCCC/C=C\CCCCCCCC(=O)OCC(COC(=O)CCCCCCCCCCCCC/C=C\CCCCCCCCCC)OC(=O)CCCCCCCCCCCCCCCCCCCCC. The molecule has 0 N–H and O–H groups in total. The van der Waals surface area contributed by atoms with Crippen LogP contribution in [0.2, 0.25) is 0 Å². The monoisotopic (exact) mass is 1030 g/mol. The maximum atomic E-state index is 12.9. The number of ether oxygens (including phenoxy) is 3. The van der Waals surface area contributed by atoms with Crippen molar-refractivity contribution in [1.82, 2.24) is 0 Å². The van der Waals surface area contributed by atoms with Gasteiger partial charge in [0.25, 0.3) is 0 Å². The Hall–Kier alpha value is -2.11. The van der Waals surface area contributed by atoms with Crippen LogP contribution in [0.15, 0.2) is 24.3 Å². The van der Waals surface area contributed by atoms with Gasteiger partial charge in [0.15, 0.2) is 6.10 Å². The number of esters is 3. The molecule has 0 aromatic carbocycles. The van der Waals surface area contributed by atoms with Gasteiger partial charge in [0, 0.05) is 19.3 Å². The number of rotatable bonds is 61. The molecule has 0 aromatic rings. The molecule has 0 spiro atoms. The Kier molecular flexibility index (Phi) is 60.6. The first-order valence-corrected chi connectivity index (χ1v) is 32.8. The smallest absolute Gasteiger partial charge is 0.306 e. The van der Waals surface area contributed by atoms with Crippen LogP contribution in [0.3, 0.4) is 0 Å². The van der Waals surface area contributed by atoms with Crippen LogP contribution in [0.5, 0.6) is 0 Å². The van der Waals surface area contributed by atoms with Gasteiger partial charge in [-0.25, -0.2) is 0 Å². The summed E-state index contributed by atoms with van der Waals surface area (Å²) in [6.07, 6.45) is 74.8. The number of carbonyl (C=O) groups excluding carboxylic acids is 3. The Labute approximate surface area is 455 Å². The van der Waals surface area contributed by atoms with Crippen molar-refractivity contribution >= 4 is 17.9 Å². The Bertz CT molecular complexity index is 1180. The van der Waals surface area contributed by atoms with Crippen LogP contribution >= 0.6 is 0 Å². The molecule has 1 unspecified atom stereocenters. The summed E-state index contributed by atoms with van der Waals surface area (Å²) in [6, 6.07) is 0. The molecule has 0 bridgehead atoms. The molecular formula is C67H126O6. The molecule has 0 radical (unpaired) electrons. The van der Waals surface area contributed by atoms with Gasteiger partial charge in [-0.15, -0.1) is 0 Å². The van der Waals surface area contributed by atoms with Crippen LogP contribution in [-0.4, -0.2) is 37.2 Å². The summed E-state index contributed by atoms with van der Waals surface area (Å²) in [5.41, 5.74) is 0. The molecule has 0 aliphatic carbocycles. The fourth-order valence-corrected chi connectivity index (χ4v) is 9.97. The normalized spacial score (nSPS) is 12.1. The third-order valence-corrected chi connectivity index (χ3v) is 14.9. The molecule has 0 saturated carbocycles. The molecular weight excluding hydrogens is 901 g/mol. The van der Waals surface area contributed by atoms with Gasteiger partial charge >= 0.3 is 17.9 Å². The van der Waals surface area contributed by atoms with Crippen molar-refractivity contribution in [3.8, 4) is 0 Å². The van der Waals surface area contributed by atoms with Gasteiger partial charge in [0.1, 0.15) is 13.2 Å². The van der Waals surface area contributed by atoms with Crippen molar-refractivity contribution in [1.29, 1.82) is 0 Å². The molecule has 1 atom stereocenters. The number of unbranched alkanes of at least 4 members (excludes halogenated alkanes) is 46. The second-order valence-corrected chi connectivity index (χ2v) is 22.4. The lowest BCUT2D eigenvalue weighted by atomic mass is 10.0. The van der Waals surface area contributed by atoms with Gasteiger partial charge in [-0.1, -0.05) is 302 Å². The van der Waals surface area contributed by atoms with Gasteiger partial charge in [-0.3, -0.25) is 14.4 Å². The van der Waals surface area contributed by atoms with E-state index in [0.717, 1.165) is 64.2 Å². The third-order valence-electron chi connectivity index (χ3n) is 14.9. The van der Waals surface area contributed by atoms with E-state index in [1.54, 1.807) is 0 Å². The van der Waals surface area contributed by atoms with Crippen molar-refractivity contribution < 1.29 is 28.6 Å². The molecule has 0 aliphatic rings. The average Bonchev–Trinajstić information content (AvgIpc) is 3.39. The lowest BCUT2D eigenvalue weighted by Gasteiger charge is -2.18. The highest BCUT2D eigenvalue weighted by molar-refractivity contribution is 5.71. The lowest BCUT2D eigenvalue weighted by molar-refractivity contribution is -0.167. The van der Waals surface area contributed by atoms with E-state index in [1.165, 1.54) is 263 Å². The Morgan fingerprint density at radius 1 is 0.260 bits per heavy atom. The van der Waals surface area contributed by atoms with E-state index < -0.39 is 6.10 Å². The highest BCUT2D eigenvalue weighted by Crippen LogP contribution is 2.18. The molecule has 430 valence electrons. The zero-order chi connectivity index (χ0) is 52.9. The standard InChI is InChI=1S/C67H126O6/c1-4-7-10-13-16-19-22-25-27-29-31-32-33-34-36-37-39-42-45-48-51-54-57-60-66(69)72-63-64(62-71-65(68)59-56-53-50-47-44-41-24-21-18-15-12-9-6-3)73-67(70)61-58-55-52-49-46-43-40-38-35-30-28-26-23-20-17-14-11-8-5-2/h21,24,29,31,64H,4-20,22-23,25-28,30,32-63H2,1-3H3/b24-21-,31-29-. The second-order valence-electron chi connectivity index (χ2n) is 22.4. The summed E-state index contributed by atoms with van der Waals surface area (Å²) in [5, 5.41) is 0. The highest BCUT2D eigenvalue weighted by atomic mass is 16.6. The quantitative estimate of drug-likeness (QED) is 0.0261. The van der Waals surface area contributed by atoms with E-state index in [2.05, 4.69) is 45.1 Å². The molecule has 0 heterocycles. The van der Waals surface area contributed by atoms with Crippen LogP contribution in [0.4, 0.5) is 0 Å². The van der Waals surface area contributed by atoms with Crippen molar-refractivity contribution in [2.45, 2.75) is 374 Å². The first-order valence-electron chi connectivity index (χ1n) is 32.8. The largest absolute Gasteiger partial charge is 0.462 e. The van der Waals surface area contributed by atoms with Crippen LogP contribution in [-0.2, 0) is 28.6 Å². The molecule has 0 fully saturated rings. The summed E-state index contributed by atoms with van der Waals surface area (Å²) in [7, 11) is 0. The molecule has 0 saturated heterocycles. The maximum Gasteiger partial charge on any atom is 0.306 e. The van der Waals surface area contributed by atoms with Gasteiger partial charge in [-0.2, -0.15) is 0 Å². The lowest BCUT2D eigenvalue weighted by Crippen LogP contribution is -2.30. The molecule has 0 aliphatic heterocycles. The fourth-order valence-electron chi connectivity index (χ4n) is 9.97. The molecule has 0 amide bonds. The third kappa shape index (κ3) is 60.6. The second kappa shape index (κ2) is 62.4. The zero-order valence-corrected chi connectivity index (χ0v) is 49.4. The van der Waals surface area contributed by atoms with Gasteiger partial charge in [0.05, 0.1) is 0 Å². The van der Waals surface area contributed by atoms with Crippen LogP contribution < -0.4 is 0 Å². The minimum atomic E-state index is -0.772. The van der Waals surface area contributed by atoms with Crippen LogP contribution in [0.1, 0.15) is 367 Å². The Balaban J connectivity index is 4.26.